The van der Waals surface area contributed by atoms with Crippen molar-refractivity contribution in [1.29, 1.82) is 0 Å². The Morgan fingerprint density at radius 1 is 1.53 bits per heavy atom. The van der Waals surface area contributed by atoms with Crippen molar-refractivity contribution >= 4 is 5.91 Å². The van der Waals surface area contributed by atoms with E-state index in [2.05, 4.69) is 5.32 Å². The minimum Gasteiger partial charge on any atom is -0.383 e. The average molecular weight is 212 g/mol. The van der Waals surface area contributed by atoms with E-state index in [1.165, 1.54) is 12.8 Å². The summed E-state index contributed by atoms with van der Waals surface area (Å²) in [4.78, 5) is 13.9. The van der Waals surface area contributed by atoms with Crippen molar-refractivity contribution in [3.63, 3.8) is 0 Å². The summed E-state index contributed by atoms with van der Waals surface area (Å²) < 4.78 is 5.08. The molecule has 0 aromatic carbocycles. The molecule has 0 aromatic heterocycles. The Labute approximate surface area is 91.0 Å². The molecular formula is C11H20N2O2. The highest BCUT2D eigenvalue weighted by Gasteiger charge is 2.37. The van der Waals surface area contributed by atoms with Gasteiger partial charge in [-0.15, -0.1) is 0 Å². The molecule has 86 valence electrons. The zero-order chi connectivity index (χ0) is 10.8. The number of hydrogen-bond donors (Lipinski definition) is 1. The topological polar surface area (TPSA) is 41.6 Å². The minimum atomic E-state index is 0.0665. The zero-order valence-corrected chi connectivity index (χ0v) is 9.53. The van der Waals surface area contributed by atoms with E-state index in [4.69, 9.17) is 4.74 Å². The minimum absolute atomic E-state index is 0.0665. The number of nitrogens with zero attached hydrogens (tertiary/aromatic N) is 1. The molecule has 2 rings (SSSR count). The third-order valence-electron chi connectivity index (χ3n) is 3.19. The Morgan fingerprint density at radius 3 is 2.87 bits per heavy atom. The maximum atomic E-state index is 12.0. The fourth-order valence-electron chi connectivity index (χ4n) is 2.16. The summed E-state index contributed by atoms with van der Waals surface area (Å²) in [6, 6.07) is 0.877. The van der Waals surface area contributed by atoms with E-state index in [-0.39, 0.29) is 18.0 Å². The number of carbonyl (C=O) groups excluding carboxylic acids is 1. The van der Waals surface area contributed by atoms with Gasteiger partial charge in [-0.05, 0) is 26.2 Å². The number of carbonyl (C=O) groups is 1. The fraction of sp³-hybridized carbons (Fsp3) is 0.909. The summed E-state index contributed by atoms with van der Waals surface area (Å²) in [5.74, 6) is 0.256. The highest BCUT2D eigenvalue weighted by atomic mass is 16.5. The summed E-state index contributed by atoms with van der Waals surface area (Å²) in [5, 5.41) is 3.40. The van der Waals surface area contributed by atoms with E-state index in [0.717, 1.165) is 13.0 Å². The fourth-order valence-corrected chi connectivity index (χ4v) is 2.16. The van der Waals surface area contributed by atoms with Gasteiger partial charge in [0.05, 0.1) is 18.7 Å². The standard InChI is InChI=1S/C11H20N2O2/c1-8(7-15-2)13-6-5-10(11(13)14)12-9-3-4-9/h8-10,12H,3-7H2,1-2H3. The number of hydrogen-bond acceptors (Lipinski definition) is 3. The summed E-state index contributed by atoms with van der Waals surface area (Å²) in [6.45, 7) is 3.54. The van der Waals surface area contributed by atoms with Crippen molar-refractivity contribution < 1.29 is 9.53 Å². The predicted octanol–water partition coefficient (Wildman–Crippen LogP) is 0.374. The van der Waals surface area contributed by atoms with Crippen LogP contribution in [0.15, 0.2) is 0 Å². The summed E-state index contributed by atoms with van der Waals surface area (Å²) in [7, 11) is 1.68. The maximum absolute atomic E-state index is 12.0. The first kappa shape index (κ1) is 10.9. The summed E-state index contributed by atoms with van der Waals surface area (Å²) >= 11 is 0. The van der Waals surface area contributed by atoms with E-state index >= 15 is 0 Å². The van der Waals surface area contributed by atoms with Crippen LogP contribution in [0.3, 0.4) is 0 Å². The monoisotopic (exact) mass is 212 g/mol. The Balaban J connectivity index is 1.84. The van der Waals surface area contributed by atoms with Gasteiger partial charge in [-0.1, -0.05) is 0 Å². The third-order valence-corrected chi connectivity index (χ3v) is 3.19. The number of amides is 1. The van der Waals surface area contributed by atoms with Gasteiger partial charge in [-0.25, -0.2) is 0 Å². The zero-order valence-electron chi connectivity index (χ0n) is 9.53. The van der Waals surface area contributed by atoms with Gasteiger partial charge in [0.25, 0.3) is 0 Å². The molecule has 1 saturated heterocycles. The number of nitrogens with one attached hydrogen (secondary N) is 1. The van der Waals surface area contributed by atoms with Gasteiger partial charge < -0.3 is 15.0 Å². The number of ether oxygens (including phenoxy) is 1. The van der Waals surface area contributed by atoms with Crippen molar-refractivity contribution in [2.24, 2.45) is 0 Å². The first-order valence-corrected chi connectivity index (χ1v) is 5.78. The van der Waals surface area contributed by atoms with Gasteiger partial charge in [0.1, 0.15) is 0 Å². The van der Waals surface area contributed by atoms with Crippen LogP contribution in [0.2, 0.25) is 0 Å². The molecule has 2 atom stereocenters. The van der Waals surface area contributed by atoms with Crippen LogP contribution in [-0.2, 0) is 9.53 Å². The van der Waals surface area contributed by atoms with E-state index in [9.17, 15) is 4.79 Å². The molecule has 0 spiro atoms. The molecular weight excluding hydrogens is 192 g/mol. The normalized spacial score (nSPS) is 28.5. The molecule has 15 heavy (non-hydrogen) atoms. The van der Waals surface area contributed by atoms with Gasteiger partial charge in [0, 0.05) is 19.7 Å². The Morgan fingerprint density at radius 2 is 2.27 bits per heavy atom. The van der Waals surface area contributed by atoms with Crippen LogP contribution < -0.4 is 5.32 Å². The van der Waals surface area contributed by atoms with Crippen LogP contribution >= 0.6 is 0 Å². The van der Waals surface area contributed by atoms with Crippen molar-refractivity contribution in [2.45, 2.75) is 44.3 Å². The number of methoxy groups -OCH3 is 1. The molecule has 2 fully saturated rings. The lowest BCUT2D eigenvalue weighted by Crippen LogP contribution is -2.43. The van der Waals surface area contributed by atoms with Gasteiger partial charge in [-0.2, -0.15) is 0 Å². The van der Waals surface area contributed by atoms with Gasteiger partial charge in [0.15, 0.2) is 0 Å². The van der Waals surface area contributed by atoms with E-state index in [1.807, 2.05) is 11.8 Å². The van der Waals surface area contributed by atoms with Crippen LogP contribution in [0.4, 0.5) is 0 Å². The highest BCUT2D eigenvalue weighted by molar-refractivity contribution is 5.84. The lowest BCUT2D eigenvalue weighted by molar-refractivity contribution is -0.132. The molecule has 1 amide bonds. The second-order valence-corrected chi connectivity index (χ2v) is 4.62. The first-order valence-electron chi connectivity index (χ1n) is 5.78. The molecule has 2 aliphatic rings. The van der Waals surface area contributed by atoms with Crippen LogP contribution in [-0.4, -0.2) is 49.2 Å². The SMILES string of the molecule is COCC(C)N1CCC(NC2CC2)C1=O. The van der Waals surface area contributed by atoms with Gasteiger partial charge >= 0.3 is 0 Å². The molecule has 1 saturated carbocycles. The molecule has 0 bridgehead atoms. The van der Waals surface area contributed by atoms with Crippen LogP contribution in [0.5, 0.6) is 0 Å². The van der Waals surface area contributed by atoms with Crippen molar-refractivity contribution in [2.75, 3.05) is 20.3 Å². The Hall–Kier alpha value is -0.610. The molecule has 1 aliphatic carbocycles. The smallest absolute Gasteiger partial charge is 0.240 e. The van der Waals surface area contributed by atoms with Crippen LogP contribution in [0.1, 0.15) is 26.2 Å². The lowest BCUT2D eigenvalue weighted by atomic mass is 10.2. The number of rotatable bonds is 5. The predicted molar refractivity (Wildman–Crippen MR) is 57.6 cm³/mol. The van der Waals surface area contributed by atoms with Crippen LogP contribution in [0, 0.1) is 0 Å². The molecule has 0 radical (unpaired) electrons. The molecule has 0 aromatic rings. The molecule has 1 aliphatic heterocycles. The molecule has 2 unspecified atom stereocenters. The molecule has 4 heteroatoms. The van der Waals surface area contributed by atoms with Crippen molar-refractivity contribution in [3.05, 3.63) is 0 Å². The van der Waals surface area contributed by atoms with E-state index in [0.29, 0.717) is 12.6 Å². The maximum Gasteiger partial charge on any atom is 0.240 e. The van der Waals surface area contributed by atoms with Crippen molar-refractivity contribution in [1.82, 2.24) is 10.2 Å². The number of likely N-dealkylation sites (tertiary alicyclic amines) is 1. The highest BCUT2D eigenvalue weighted by Crippen LogP contribution is 2.23. The molecule has 1 heterocycles. The quantitative estimate of drug-likeness (QED) is 0.716. The molecule has 1 N–H and O–H groups in total. The van der Waals surface area contributed by atoms with E-state index in [1.54, 1.807) is 7.11 Å². The lowest BCUT2D eigenvalue weighted by Gasteiger charge is -2.24. The summed E-state index contributed by atoms with van der Waals surface area (Å²) in [5.41, 5.74) is 0. The van der Waals surface area contributed by atoms with E-state index < -0.39 is 0 Å². The van der Waals surface area contributed by atoms with Gasteiger partial charge in [-0.3, -0.25) is 4.79 Å². The largest absolute Gasteiger partial charge is 0.383 e. The first-order chi connectivity index (χ1) is 7.22. The van der Waals surface area contributed by atoms with Crippen LogP contribution in [0.25, 0.3) is 0 Å². The summed E-state index contributed by atoms with van der Waals surface area (Å²) in [6.07, 6.45) is 3.41. The third kappa shape index (κ3) is 2.49. The average Bonchev–Trinajstić information content (AvgIpc) is 2.93. The van der Waals surface area contributed by atoms with Crippen molar-refractivity contribution in [3.8, 4) is 0 Å². The second-order valence-electron chi connectivity index (χ2n) is 4.62. The molecule has 4 nitrogen and oxygen atoms in total. The Kier molecular flexibility index (Phi) is 3.26. The Bertz CT molecular complexity index is 241. The second kappa shape index (κ2) is 4.49. The van der Waals surface area contributed by atoms with Gasteiger partial charge in [0.2, 0.25) is 5.91 Å².